The molecule has 6 heteroatoms. The predicted molar refractivity (Wildman–Crippen MR) is 109 cm³/mol. The molecule has 1 aromatic heterocycles. The van der Waals surface area contributed by atoms with E-state index < -0.39 is 0 Å². The van der Waals surface area contributed by atoms with E-state index in [1.807, 2.05) is 31.2 Å². The van der Waals surface area contributed by atoms with Crippen molar-refractivity contribution in [2.24, 2.45) is 5.73 Å². The SMILES string of the molecule is CC(NC(=O)c1cc2ccc(-c3ccc(F)cc3)cc2[nH]1)[C@@H](Cl)CCCN. The Hall–Kier alpha value is -2.37. The summed E-state index contributed by atoms with van der Waals surface area (Å²) in [6.45, 7) is 2.48. The normalized spacial score (nSPS) is 13.5. The van der Waals surface area contributed by atoms with Gasteiger partial charge in [0.2, 0.25) is 0 Å². The van der Waals surface area contributed by atoms with Gasteiger partial charge in [-0.2, -0.15) is 0 Å². The number of aromatic amines is 1. The third-order valence-corrected chi connectivity index (χ3v) is 5.23. The molecule has 3 rings (SSSR count). The van der Waals surface area contributed by atoms with Gasteiger partial charge in [0.05, 0.1) is 5.38 Å². The van der Waals surface area contributed by atoms with E-state index in [1.165, 1.54) is 12.1 Å². The standard InChI is InChI=1S/C21H23ClFN3O/c1-13(18(22)3-2-10-24)25-21(27)20-12-16-5-4-15(11-19(16)26-20)14-6-8-17(23)9-7-14/h4-9,11-13,18,26H,2-3,10,24H2,1H3,(H,25,27)/t13?,18-/m0/s1. The molecule has 0 saturated carbocycles. The second-order valence-corrected chi connectivity index (χ2v) is 7.26. The minimum Gasteiger partial charge on any atom is -0.351 e. The van der Waals surface area contributed by atoms with Crippen LogP contribution >= 0.6 is 11.6 Å². The van der Waals surface area contributed by atoms with Crippen LogP contribution in [-0.2, 0) is 0 Å². The molecule has 0 aliphatic heterocycles. The number of aromatic nitrogens is 1. The van der Waals surface area contributed by atoms with Gasteiger partial charge in [0.1, 0.15) is 11.5 Å². The van der Waals surface area contributed by atoms with Crippen LogP contribution in [0.2, 0.25) is 0 Å². The molecule has 1 heterocycles. The number of benzene rings is 2. The van der Waals surface area contributed by atoms with E-state index >= 15 is 0 Å². The molecule has 1 unspecified atom stereocenters. The van der Waals surface area contributed by atoms with Gasteiger partial charge >= 0.3 is 0 Å². The molecule has 4 N–H and O–H groups in total. The summed E-state index contributed by atoms with van der Waals surface area (Å²) in [6.07, 6.45) is 1.58. The van der Waals surface area contributed by atoms with Gasteiger partial charge in [0, 0.05) is 16.9 Å². The molecule has 0 spiro atoms. The molecule has 0 radical (unpaired) electrons. The summed E-state index contributed by atoms with van der Waals surface area (Å²) in [5.41, 5.74) is 8.70. The highest BCUT2D eigenvalue weighted by Crippen LogP contribution is 2.25. The number of carbonyl (C=O) groups is 1. The Kier molecular flexibility index (Phi) is 6.14. The van der Waals surface area contributed by atoms with Crippen LogP contribution in [0.1, 0.15) is 30.3 Å². The maximum atomic E-state index is 13.1. The number of hydrogen-bond donors (Lipinski definition) is 3. The zero-order chi connectivity index (χ0) is 19.4. The minimum absolute atomic E-state index is 0.160. The van der Waals surface area contributed by atoms with Crippen LogP contribution in [0.25, 0.3) is 22.0 Å². The van der Waals surface area contributed by atoms with Crippen LogP contribution in [0.5, 0.6) is 0 Å². The first kappa shape index (κ1) is 19.4. The van der Waals surface area contributed by atoms with Crippen molar-refractivity contribution >= 4 is 28.4 Å². The van der Waals surface area contributed by atoms with Crippen molar-refractivity contribution in [1.82, 2.24) is 10.3 Å². The van der Waals surface area contributed by atoms with Crippen LogP contribution in [0, 0.1) is 5.82 Å². The highest BCUT2D eigenvalue weighted by molar-refractivity contribution is 6.21. The zero-order valence-electron chi connectivity index (χ0n) is 15.1. The van der Waals surface area contributed by atoms with E-state index in [0.717, 1.165) is 34.9 Å². The van der Waals surface area contributed by atoms with Gasteiger partial charge in [-0.15, -0.1) is 11.6 Å². The first-order valence-corrected chi connectivity index (χ1v) is 9.45. The maximum Gasteiger partial charge on any atom is 0.267 e. The fourth-order valence-electron chi connectivity index (χ4n) is 3.01. The van der Waals surface area contributed by atoms with Crippen molar-refractivity contribution in [3.8, 4) is 11.1 Å². The smallest absolute Gasteiger partial charge is 0.267 e. The van der Waals surface area contributed by atoms with Crippen molar-refractivity contribution in [2.45, 2.75) is 31.2 Å². The average Bonchev–Trinajstić information content (AvgIpc) is 3.10. The summed E-state index contributed by atoms with van der Waals surface area (Å²) < 4.78 is 13.1. The fraction of sp³-hybridized carbons (Fsp3) is 0.286. The summed E-state index contributed by atoms with van der Waals surface area (Å²) in [7, 11) is 0. The fourth-order valence-corrected chi connectivity index (χ4v) is 3.23. The highest BCUT2D eigenvalue weighted by Gasteiger charge is 2.18. The van der Waals surface area contributed by atoms with Crippen LogP contribution in [-0.4, -0.2) is 28.9 Å². The van der Waals surface area contributed by atoms with Gasteiger partial charge in [-0.3, -0.25) is 4.79 Å². The van der Waals surface area contributed by atoms with Crippen LogP contribution in [0.3, 0.4) is 0 Å². The number of halogens is 2. The number of H-pyrrole nitrogens is 1. The lowest BCUT2D eigenvalue weighted by Crippen LogP contribution is -2.39. The van der Waals surface area contributed by atoms with Gasteiger partial charge < -0.3 is 16.0 Å². The molecule has 3 aromatic rings. The molecule has 0 fully saturated rings. The van der Waals surface area contributed by atoms with E-state index in [1.54, 1.807) is 12.1 Å². The Balaban J connectivity index is 1.76. The molecule has 4 nitrogen and oxygen atoms in total. The number of amides is 1. The van der Waals surface area contributed by atoms with E-state index in [-0.39, 0.29) is 23.1 Å². The van der Waals surface area contributed by atoms with Crippen molar-refractivity contribution in [1.29, 1.82) is 0 Å². The molecular weight excluding hydrogens is 365 g/mol. The molecule has 0 bridgehead atoms. The molecule has 2 aromatic carbocycles. The summed E-state index contributed by atoms with van der Waals surface area (Å²) in [5, 5.41) is 3.71. The lowest BCUT2D eigenvalue weighted by atomic mass is 10.0. The van der Waals surface area contributed by atoms with Crippen molar-refractivity contribution in [3.63, 3.8) is 0 Å². The first-order chi connectivity index (χ1) is 13.0. The van der Waals surface area contributed by atoms with Crippen molar-refractivity contribution in [2.75, 3.05) is 6.54 Å². The quantitative estimate of drug-likeness (QED) is 0.524. The van der Waals surface area contributed by atoms with E-state index in [2.05, 4.69) is 10.3 Å². The maximum absolute atomic E-state index is 13.1. The minimum atomic E-state index is -0.267. The van der Waals surface area contributed by atoms with E-state index in [0.29, 0.717) is 12.2 Å². The summed E-state index contributed by atoms with van der Waals surface area (Å²) in [5.74, 6) is -0.461. The van der Waals surface area contributed by atoms with Gasteiger partial charge in [-0.05, 0) is 61.7 Å². The lowest BCUT2D eigenvalue weighted by molar-refractivity contribution is 0.0934. The van der Waals surface area contributed by atoms with Gasteiger partial charge in [-0.1, -0.05) is 24.3 Å². The molecular formula is C21H23ClFN3O. The Labute approximate surface area is 162 Å². The monoisotopic (exact) mass is 387 g/mol. The number of nitrogens with two attached hydrogens (primary N) is 1. The number of nitrogens with one attached hydrogen (secondary N) is 2. The molecule has 0 aliphatic rings. The number of rotatable bonds is 7. The molecule has 1 amide bonds. The Bertz CT molecular complexity index is 923. The first-order valence-electron chi connectivity index (χ1n) is 9.01. The Morgan fingerprint density at radius 3 is 2.59 bits per heavy atom. The average molecular weight is 388 g/mol. The number of hydrogen-bond acceptors (Lipinski definition) is 2. The van der Waals surface area contributed by atoms with Gasteiger partial charge in [0.25, 0.3) is 5.91 Å². The second-order valence-electron chi connectivity index (χ2n) is 6.70. The molecule has 142 valence electrons. The molecule has 0 saturated heterocycles. The number of fused-ring (bicyclic) bond motifs is 1. The number of carbonyl (C=O) groups excluding carboxylic acids is 1. The Morgan fingerprint density at radius 2 is 1.89 bits per heavy atom. The van der Waals surface area contributed by atoms with Crippen LogP contribution in [0.15, 0.2) is 48.5 Å². The molecule has 2 atom stereocenters. The van der Waals surface area contributed by atoms with Crippen LogP contribution in [0.4, 0.5) is 4.39 Å². The highest BCUT2D eigenvalue weighted by atomic mass is 35.5. The largest absolute Gasteiger partial charge is 0.351 e. The second kappa shape index (κ2) is 8.55. The summed E-state index contributed by atoms with van der Waals surface area (Å²) in [4.78, 5) is 15.7. The van der Waals surface area contributed by atoms with Crippen LogP contribution < -0.4 is 11.1 Å². The topological polar surface area (TPSA) is 70.9 Å². The Morgan fingerprint density at radius 1 is 1.19 bits per heavy atom. The summed E-state index contributed by atoms with van der Waals surface area (Å²) in [6, 6.07) is 13.8. The summed E-state index contributed by atoms with van der Waals surface area (Å²) >= 11 is 6.31. The lowest BCUT2D eigenvalue weighted by Gasteiger charge is -2.18. The third kappa shape index (κ3) is 4.67. The molecule has 27 heavy (non-hydrogen) atoms. The van der Waals surface area contributed by atoms with Gasteiger partial charge in [0.15, 0.2) is 0 Å². The van der Waals surface area contributed by atoms with Crippen molar-refractivity contribution < 1.29 is 9.18 Å². The third-order valence-electron chi connectivity index (χ3n) is 4.63. The zero-order valence-corrected chi connectivity index (χ0v) is 15.9. The number of alkyl halides is 1. The van der Waals surface area contributed by atoms with Crippen molar-refractivity contribution in [3.05, 3.63) is 60.0 Å². The van der Waals surface area contributed by atoms with Gasteiger partial charge in [-0.25, -0.2) is 4.39 Å². The molecule has 0 aliphatic carbocycles. The van der Waals surface area contributed by atoms with E-state index in [4.69, 9.17) is 17.3 Å². The van der Waals surface area contributed by atoms with E-state index in [9.17, 15) is 9.18 Å². The predicted octanol–water partition coefficient (Wildman–Crippen LogP) is 4.44.